The molecule has 0 aliphatic heterocycles. The third-order valence-electron chi connectivity index (χ3n) is 2.92. The molecule has 0 saturated heterocycles. The first-order valence-electron chi connectivity index (χ1n) is 6.05. The van der Waals surface area contributed by atoms with Crippen molar-refractivity contribution >= 4 is 27.5 Å². The van der Waals surface area contributed by atoms with Crippen LogP contribution in [0.4, 0.5) is 5.69 Å². The van der Waals surface area contributed by atoms with E-state index in [1.54, 1.807) is 6.92 Å². The van der Waals surface area contributed by atoms with Gasteiger partial charge in [0.1, 0.15) is 18.7 Å². The molecular formula is C13H15BrN4O. The quantitative estimate of drug-likeness (QED) is 0.941. The van der Waals surface area contributed by atoms with Gasteiger partial charge in [0.15, 0.2) is 0 Å². The molecule has 0 spiro atoms. The summed E-state index contributed by atoms with van der Waals surface area (Å²) in [5, 5.41) is 6.90. The first-order valence-corrected chi connectivity index (χ1v) is 6.84. The normalized spacial score (nSPS) is 12.2. The molecule has 19 heavy (non-hydrogen) atoms. The molecule has 2 rings (SSSR count). The molecule has 0 bridgehead atoms. The SMILES string of the molecule is CCc1cc(Br)ccc1NC(=O)C(C)n1cncn1. The van der Waals surface area contributed by atoms with Crippen molar-refractivity contribution in [3.05, 3.63) is 40.9 Å². The molecule has 1 unspecified atom stereocenters. The molecule has 0 aliphatic rings. The predicted octanol–water partition coefficient (Wildman–Crippen LogP) is 2.80. The number of aryl methyl sites for hydroxylation is 1. The third kappa shape index (κ3) is 3.20. The van der Waals surface area contributed by atoms with Gasteiger partial charge < -0.3 is 5.32 Å². The summed E-state index contributed by atoms with van der Waals surface area (Å²) in [5.41, 5.74) is 1.93. The number of carbonyl (C=O) groups is 1. The van der Waals surface area contributed by atoms with Gasteiger partial charge in [-0.1, -0.05) is 22.9 Å². The zero-order valence-corrected chi connectivity index (χ0v) is 12.4. The van der Waals surface area contributed by atoms with Crippen LogP contribution in [0.3, 0.4) is 0 Å². The number of hydrogen-bond donors (Lipinski definition) is 1. The van der Waals surface area contributed by atoms with Crippen LogP contribution in [0.5, 0.6) is 0 Å². The second-order valence-corrected chi connectivity index (χ2v) is 5.11. The largest absolute Gasteiger partial charge is 0.324 e. The van der Waals surface area contributed by atoms with E-state index in [9.17, 15) is 4.79 Å². The molecule has 1 aromatic carbocycles. The molecule has 1 N–H and O–H groups in total. The van der Waals surface area contributed by atoms with Crippen LogP contribution < -0.4 is 5.32 Å². The second-order valence-electron chi connectivity index (χ2n) is 4.20. The molecule has 5 nitrogen and oxygen atoms in total. The Balaban J connectivity index is 2.15. The Morgan fingerprint density at radius 1 is 1.53 bits per heavy atom. The summed E-state index contributed by atoms with van der Waals surface area (Å²) in [4.78, 5) is 16.0. The monoisotopic (exact) mass is 322 g/mol. The summed E-state index contributed by atoms with van der Waals surface area (Å²) < 4.78 is 2.53. The number of rotatable bonds is 4. The summed E-state index contributed by atoms with van der Waals surface area (Å²) in [7, 11) is 0. The number of aromatic nitrogens is 3. The Morgan fingerprint density at radius 3 is 2.95 bits per heavy atom. The van der Waals surface area contributed by atoms with Gasteiger partial charge in [-0.2, -0.15) is 5.10 Å². The minimum atomic E-state index is -0.393. The molecule has 2 aromatic rings. The molecule has 0 fully saturated rings. The van der Waals surface area contributed by atoms with Crippen LogP contribution in [-0.2, 0) is 11.2 Å². The number of nitrogens with zero attached hydrogens (tertiary/aromatic N) is 3. The van der Waals surface area contributed by atoms with Crippen LogP contribution in [0.1, 0.15) is 25.5 Å². The molecule has 1 atom stereocenters. The zero-order chi connectivity index (χ0) is 13.8. The Kier molecular flexibility index (Phi) is 4.31. The molecule has 100 valence electrons. The highest BCUT2D eigenvalue weighted by Gasteiger charge is 2.16. The molecule has 1 aromatic heterocycles. The molecule has 0 aliphatic carbocycles. The van der Waals surface area contributed by atoms with Gasteiger partial charge in [0, 0.05) is 10.2 Å². The molecule has 0 radical (unpaired) electrons. The predicted molar refractivity (Wildman–Crippen MR) is 76.9 cm³/mol. The molecule has 1 amide bonds. The van der Waals surface area contributed by atoms with Gasteiger partial charge in [-0.25, -0.2) is 9.67 Å². The van der Waals surface area contributed by atoms with Gasteiger partial charge in [-0.05, 0) is 37.1 Å². The van der Waals surface area contributed by atoms with E-state index in [4.69, 9.17) is 0 Å². The Hall–Kier alpha value is -1.69. The van der Waals surface area contributed by atoms with E-state index < -0.39 is 6.04 Å². The highest BCUT2D eigenvalue weighted by atomic mass is 79.9. The third-order valence-corrected chi connectivity index (χ3v) is 3.41. The van der Waals surface area contributed by atoms with E-state index in [1.165, 1.54) is 17.3 Å². The van der Waals surface area contributed by atoms with E-state index in [1.807, 2.05) is 18.2 Å². The highest BCUT2D eigenvalue weighted by molar-refractivity contribution is 9.10. The average Bonchev–Trinajstić information content (AvgIpc) is 2.93. The lowest BCUT2D eigenvalue weighted by atomic mass is 10.1. The van der Waals surface area contributed by atoms with E-state index in [2.05, 4.69) is 38.3 Å². The number of nitrogens with one attached hydrogen (secondary N) is 1. The molecular weight excluding hydrogens is 308 g/mol. The Morgan fingerprint density at radius 2 is 2.32 bits per heavy atom. The highest BCUT2D eigenvalue weighted by Crippen LogP contribution is 2.22. The second kappa shape index (κ2) is 5.97. The fourth-order valence-corrected chi connectivity index (χ4v) is 2.16. The molecule has 6 heteroatoms. The lowest BCUT2D eigenvalue weighted by molar-refractivity contribution is -0.119. The fourth-order valence-electron chi connectivity index (χ4n) is 1.75. The van der Waals surface area contributed by atoms with Crippen molar-refractivity contribution in [1.82, 2.24) is 14.8 Å². The number of amides is 1. The van der Waals surface area contributed by atoms with Crippen molar-refractivity contribution in [3.63, 3.8) is 0 Å². The summed E-state index contributed by atoms with van der Waals surface area (Å²) in [6, 6.07) is 5.43. The minimum absolute atomic E-state index is 0.109. The van der Waals surface area contributed by atoms with Crippen molar-refractivity contribution in [1.29, 1.82) is 0 Å². The first-order chi connectivity index (χ1) is 9.11. The maximum Gasteiger partial charge on any atom is 0.249 e. The van der Waals surface area contributed by atoms with Crippen LogP contribution in [0.2, 0.25) is 0 Å². The smallest absolute Gasteiger partial charge is 0.249 e. The number of benzene rings is 1. The molecule has 0 saturated carbocycles. The Labute approximate surface area is 120 Å². The van der Waals surface area contributed by atoms with E-state index in [0.29, 0.717) is 0 Å². The molecule has 1 heterocycles. The number of carbonyl (C=O) groups excluding carboxylic acids is 1. The first kappa shape index (κ1) is 13.7. The summed E-state index contributed by atoms with van der Waals surface area (Å²) in [6.07, 6.45) is 3.81. The standard InChI is InChI=1S/C13H15BrN4O/c1-3-10-6-11(14)4-5-12(10)17-13(19)9(2)18-8-15-7-16-18/h4-9H,3H2,1-2H3,(H,17,19). The summed E-state index contributed by atoms with van der Waals surface area (Å²) in [5.74, 6) is -0.109. The average molecular weight is 323 g/mol. The summed E-state index contributed by atoms with van der Waals surface area (Å²) in [6.45, 7) is 3.84. The van der Waals surface area contributed by atoms with E-state index in [-0.39, 0.29) is 5.91 Å². The number of hydrogen-bond acceptors (Lipinski definition) is 3. The van der Waals surface area contributed by atoms with Crippen LogP contribution in [0, 0.1) is 0 Å². The van der Waals surface area contributed by atoms with Gasteiger partial charge >= 0.3 is 0 Å². The number of halogens is 1. The van der Waals surface area contributed by atoms with Gasteiger partial charge in [-0.15, -0.1) is 0 Å². The van der Waals surface area contributed by atoms with Crippen molar-refractivity contribution in [2.75, 3.05) is 5.32 Å². The lowest BCUT2D eigenvalue weighted by Crippen LogP contribution is -2.24. The summed E-state index contributed by atoms with van der Waals surface area (Å²) >= 11 is 3.43. The lowest BCUT2D eigenvalue weighted by Gasteiger charge is -2.14. The Bertz CT molecular complexity index is 568. The van der Waals surface area contributed by atoms with Crippen LogP contribution in [-0.4, -0.2) is 20.7 Å². The minimum Gasteiger partial charge on any atom is -0.324 e. The van der Waals surface area contributed by atoms with E-state index in [0.717, 1.165) is 22.1 Å². The van der Waals surface area contributed by atoms with Crippen LogP contribution >= 0.6 is 15.9 Å². The fraction of sp³-hybridized carbons (Fsp3) is 0.308. The van der Waals surface area contributed by atoms with Gasteiger partial charge in [-0.3, -0.25) is 4.79 Å². The van der Waals surface area contributed by atoms with Crippen molar-refractivity contribution in [2.24, 2.45) is 0 Å². The topological polar surface area (TPSA) is 59.8 Å². The van der Waals surface area contributed by atoms with Gasteiger partial charge in [0.05, 0.1) is 0 Å². The van der Waals surface area contributed by atoms with Crippen LogP contribution in [0.15, 0.2) is 35.3 Å². The maximum atomic E-state index is 12.2. The number of anilines is 1. The van der Waals surface area contributed by atoms with Crippen molar-refractivity contribution in [3.8, 4) is 0 Å². The van der Waals surface area contributed by atoms with Gasteiger partial charge in [0.25, 0.3) is 0 Å². The zero-order valence-electron chi connectivity index (χ0n) is 10.8. The maximum absolute atomic E-state index is 12.2. The van der Waals surface area contributed by atoms with Gasteiger partial charge in [0.2, 0.25) is 5.91 Å². The van der Waals surface area contributed by atoms with E-state index >= 15 is 0 Å². The van der Waals surface area contributed by atoms with Crippen molar-refractivity contribution < 1.29 is 4.79 Å². The van der Waals surface area contributed by atoms with Crippen LogP contribution in [0.25, 0.3) is 0 Å². The van der Waals surface area contributed by atoms with Crippen molar-refractivity contribution in [2.45, 2.75) is 26.3 Å².